The molecule has 0 radical (unpaired) electrons. The first-order chi connectivity index (χ1) is 17.8. The van der Waals surface area contributed by atoms with Gasteiger partial charge in [-0.05, 0) is 29.8 Å². The first kappa shape index (κ1) is 25.7. The number of nitrogens with one attached hydrogen (secondary N) is 1. The molecule has 1 aromatic heterocycles. The van der Waals surface area contributed by atoms with Crippen LogP contribution < -0.4 is 20.9 Å². The average Bonchev–Trinajstić information content (AvgIpc) is 2.89. The molecule has 2 heterocycles. The molecule has 0 aliphatic carbocycles. The van der Waals surface area contributed by atoms with Crippen molar-refractivity contribution in [3.8, 4) is 0 Å². The van der Waals surface area contributed by atoms with Crippen LogP contribution in [0, 0.1) is 0 Å². The molecule has 37 heavy (non-hydrogen) atoms. The molecule has 0 unspecified atom stereocenters. The second-order valence-electron chi connectivity index (χ2n) is 9.05. The summed E-state index contributed by atoms with van der Waals surface area (Å²) in [6.07, 6.45) is 1.63. The van der Waals surface area contributed by atoms with Gasteiger partial charge in [-0.25, -0.2) is 4.98 Å². The quantitative estimate of drug-likeness (QED) is 0.492. The number of hydrogen-bond donors (Lipinski definition) is 2. The monoisotopic (exact) mass is 500 g/mol. The largest absolute Gasteiger partial charge is 0.381 e. The van der Waals surface area contributed by atoms with Crippen molar-refractivity contribution in [2.24, 2.45) is 5.73 Å². The van der Waals surface area contributed by atoms with E-state index in [4.69, 9.17) is 5.73 Å². The molecule has 9 nitrogen and oxygen atoms in total. The molecule has 3 N–H and O–H groups in total. The number of nitrogens with zero attached hydrogens (tertiary/aromatic N) is 4. The summed E-state index contributed by atoms with van der Waals surface area (Å²) in [5, 5.41) is 3.36. The van der Waals surface area contributed by atoms with Crippen molar-refractivity contribution in [2.45, 2.75) is 26.8 Å². The lowest BCUT2D eigenvalue weighted by Gasteiger charge is -2.35. The summed E-state index contributed by atoms with van der Waals surface area (Å²) >= 11 is 0. The average molecular weight is 501 g/mol. The minimum Gasteiger partial charge on any atom is -0.381 e. The number of anilines is 4. The minimum atomic E-state index is -0.458. The Morgan fingerprint density at radius 2 is 1.65 bits per heavy atom. The summed E-state index contributed by atoms with van der Waals surface area (Å²) in [7, 11) is 0. The van der Waals surface area contributed by atoms with Crippen molar-refractivity contribution in [1.82, 2.24) is 9.88 Å². The van der Waals surface area contributed by atoms with Crippen LogP contribution in [0.5, 0.6) is 0 Å². The molecule has 0 spiro atoms. The predicted octanol–water partition coefficient (Wildman–Crippen LogP) is 3.07. The maximum absolute atomic E-state index is 12.7. The van der Waals surface area contributed by atoms with Crippen molar-refractivity contribution >= 4 is 40.6 Å². The molecule has 3 aromatic rings. The van der Waals surface area contributed by atoms with Crippen LogP contribution >= 0.6 is 0 Å². The van der Waals surface area contributed by atoms with Gasteiger partial charge in [-0.15, -0.1) is 0 Å². The van der Waals surface area contributed by atoms with Crippen molar-refractivity contribution in [3.63, 3.8) is 0 Å². The fourth-order valence-corrected chi connectivity index (χ4v) is 4.45. The number of carbonyl (C=O) groups is 3. The lowest BCUT2D eigenvalue weighted by atomic mass is 10.1. The Hall–Kier alpha value is -4.40. The first-order valence-corrected chi connectivity index (χ1v) is 12.3. The molecule has 0 atom stereocenters. The zero-order valence-corrected chi connectivity index (χ0v) is 21.2. The number of pyridine rings is 1. The third kappa shape index (κ3) is 6.43. The van der Waals surface area contributed by atoms with Crippen LogP contribution in [0.2, 0.25) is 0 Å². The van der Waals surface area contributed by atoms with Crippen LogP contribution in [-0.4, -0.2) is 53.8 Å². The second kappa shape index (κ2) is 11.6. The van der Waals surface area contributed by atoms with E-state index >= 15 is 0 Å². The number of nitrogens with two attached hydrogens (primary N) is 1. The molecule has 9 heteroatoms. The van der Waals surface area contributed by atoms with E-state index in [1.165, 1.54) is 6.92 Å². The van der Waals surface area contributed by atoms with Gasteiger partial charge in [-0.3, -0.25) is 19.3 Å². The Morgan fingerprint density at radius 3 is 2.24 bits per heavy atom. The molecule has 3 amide bonds. The van der Waals surface area contributed by atoms with Gasteiger partial charge in [0, 0.05) is 75.8 Å². The van der Waals surface area contributed by atoms with Gasteiger partial charge in [0.15, 0.2) is 0 Å². The summed E-state index contributed by atoms with van der Waals surface area (Å²) in [5.41, 5.74) is 9.60. The predicted molar refractivity (Wildman–Crippen MR) is 145 cm³/mol. The van der Waals surface area contributed by atoms with Crippen molar-refractivity contribution < 1.29 is 14.4 Å². The zero-order chi connectivity index (χ0) is 26.4. The summed E-state index contributed by atoms with van der Waals surface area (Å²) in [6, 6.07) is 19.4. The van der Waals surface area contributed by atoms with E-state index < -0.39 is 5.91 Å². The Labute approximate surface area is 216 Å². The van der Waals surface area contributed by atoms with Gasteiger partial charge in [-0.1, -0.05) is 30.3 Å². The molecule has 1 saturated heterocycles. The topological polar surface area (TPSA) is 112 Å². The highest BCUT2D eigenvalue weighted by Gasteiger charge is 2.21. The van der Waals surface area contributed by atoms with Crippen LogP contribution in [0.15, 0.2) is 66.9 Å². The van der Waals surface area contributed by atoms with Crippen LogP contribution in [0.3, 0.4) is 0 Å². The fourth-order valence-electron chi connectivity index (χ4n) is 4.45. The normalized spacial score (nSPS) is 13.2. The number of benzene rings is 2. The lowest BCUT2D eigenvalue weighted by molar-refractivity contribution is -0.129. The number of primary amides is 1. The summed E-state index contributed by atoms with van der Waals surface area (Å²) in [6.45, 7) is 6.53. The molecule has 1 fully saturated rings. The van der Waals surface area contributed by atoms with Crippen LogP contribution in [0.4, 0.5) is 22.9 Å². The molecule has 192 valence electrons. The highest BCUT2D eigenvalue weighted by atomic mass is 16.2. The van der Waals surface area contributed by atoms with E-state index in [0.29, 0.717) is 42.4 Å². The van der Waals surface area contributed by atoms with E-state index in [9.17, 15) is 14.4 Å². The highest BCUT2D eigenvalue weighted by molar-refractivity contribution is 5.98. The number of amides is 3. The summed E-state index contributed by atoms with van der Waals surface area (Å²) in [4.78, 5) is 46.1. The summed E-state index contributed by atoms with van der Waals surface area (Å²) in [5.74, 6) is -0.106. The standard InChI is InChI=1S/C28H32N6O3/c1-20(35)32-12-14-33(15-13-32)24-8-10-25(11-9-24)34(21(2)36)28-17-26(23(19-31-28)16-27(29)37)30-18-22-6-4-3-5-7-22/h3-11,17,19H,12-16,18H2,1-2H3,(H2,29,37)(H,30,31). The highest BCUT2D eigenvalue weighted by Crippen LogP contribution is 2.30. The fraction of sp³-hybridized carbons (Fsp3) is 0.286. The van der Waals surface area contributed by atoms with Crippen LogP contribution in [0.1, 0.15) is 25.0 Å². The molecule has 2 aromatic carbocycles. The Balaban J connectivity index is 1.56. The van der Waals surface area contributed by atoms with Gasteiger partial charge in [0.25, 0.3) is 0 Å². The van der Waals surface area contributed by atoms with E-state index in [1.54, 1.807) is 24.1 Å². The van der Waals surface area contributed by atoms with Gasteiger partial charge in [0.2, 0.25) is 17.7 Å². The van der Waals surface area contributed by atoms with E-state index in [0.717, 1.165) is 24.3 Å². The van der Waals surface area contributed by atoms with E-state index in [1.807, 2.05) is 59.5 Å². The minimum absolute atomic E-state index is 0.0378. The SMILES string of the molecule is CC(=O)N1CCN(c2ccc(N(C(C)=O)c3cc(NCc4ccccc4)c(CC(N)=O)cn3)cc2)CC1. The maximum Gasteiger partial charge on any atom is 0.229 e. The number of carbonyl (C=O) groups excluding carboxylic acids is 3. The molecule has 4 rings (SSSR count). The Morgan fingerprint density at radius 1 is 0.973 bits per heavy atom. The zero-order valence-electron chi connectivity index (χ0n) is 21.2. The lowest BCUT2D eigenvalue weighted by Crippen LogP contribution is -2.48. The van der Waals surface area contributed by atoms with Crippen LogP contribution in [0.25, 0.3) is 0 Å². The molecule has 1 aliphatic rings. The third-order valence-corrected chi connectivity index (χ3v) is 6.40. The van der Waals surface area contributed by atoms with Crippen molar-refractivity contribution in [1.29, 1.82) is 0 Å². The third-order valence-electron chi connectivity index (χ3n) is 6.40. The molecule has 0 saturated carbocycles. The van der Waals surface area contributed by atoms with E-state index in [2.05, 4.69) is 15.2 Å². The second-order valence-corrected chi connectivity index (χ2v) is 9.05. The molecule has 1 aliphatic heterocycles. The number of aromatic nitrogens is 1. The summed E-state index contributed by atoms with van der Waals surface area (Å²) < 4.78 is 0. The van der Waals surface area contributed by atoms with Gasteiger partial charge >= 0.3 is 0 Å². The smallest absolute Gasteiger partial charge is 0.229 e. The molecular weight excluding hydrogens is 468 g/mol. The Kier molecular flexibility index (Phi) is 8.02. The number of piperazine rings is 1. The van der Waals surface area contributed by atoms with E-state index in [-0.39, 0.29) is 18.2 Å². The van der Waals surface area contributed by atoms with Gasteiger partial charge < -0.3 is 20.9 Å². The van der Waals surface area contributed by atoms with Gasteiger partial charge in [-0.2, -0.15) is 0 Å². The Bertz CT molecular complexity index is 1250. The van der Waals surface area contributed by atoms with Crippen LogP contribution in [-0.2, 0) is 27.3 Å². The number of hydrogen-bond acceptors (Lipinski definition) is 6. The van der Waals surface area contributed by atoms with Gasteiger partial charge in [0.05, 0.1) is 12.1 Å². The van der Waals surface area contributed by atoms with Crippen molar-refractivity contribution in [2.75, 3.05) is 41.3 Å². The first-order valence-electron chi connectivity index (χ1n) is 12.3. The maximum atomic E-state index is 12.7. The van der Waals surface area contributed by atoms with Crippen molar-refractivity contribution in [3.05, 3.63) is 78.0 Å². The van der Waals surface area contributed by atoms with Gasteiger partial charge in [0.1, 0.15) is 5.82 Å². The number of rotatable bonds is 8. The molecule has 0 bridgehead atoms. The molecular formula is C28H32N6O3.